The molecule has 0 aromatic carbocycles. The molecule has 1 N–H and O–H groups in total. The molecule has 2 heterocycles. The third-order valence-corrected chi connectivity index (χ3v) is 3.04. The van der Waals surface area contributed by atoms with Gasteiger partial charge in [-0.1, -0.05) is 0 Å². The number of rotatable bonds is 4. The summed E-state index contributed by atoms with van der Waals surface area (Å²) in [5.74, 6) is 0.827. The molecule has 0 spiro atoms. The molecule has 0 bridgehead atoms. The van der Waals surface area contributed by atoms with Gasteiger partial charge < -0.3 is 5.32 Å². The number of thiazole rings is 1. The summed E-state index contributed by atoms with van der Waals surface area (Å²) in [7, 11) is 0. The summed E-state index contributed by atoms with van der Waals surface area (Å²) in [5.41, 5.74) is 0. The number of aromatic nitrogens is 3. The molecule has 0 aliphatic rings. The van der Waals surface area contributed by atoms with Gasteiger partial charge in [-0.3, -0.25) is 0 Å². The molecule has 2 aromatic heterocycles. The molecule has 0 fully saturated rings. The lowest BCUT2D eigenvalue weighted by Crippen LogP contribution is -2.06. The number of hydrogen-bond donors (Lipinski definition) is 1. The lowest BCUT2D eigenvalue weighted by atomic mass is 10.4. The Morgan fingerprint density at radius 1 is 1.33 bits per heavy atom. The van der Waals surface area contributed by atoms with E-state index < -0.39 is 0 Å². The minimum absolute atomic E-state index is 0.786. The Hall–Kier alpha value is -1.01. The van der Waals surface area contributed by atoms with E-state index in [-0.39, 0.29) is 0 Å². The second-order valence-electron chi connectivity index (χ2n) is 2.83. The average Bonchev–Trinajstić information content (AvgIpc) is 2.71. The van der Waals surface area contributed by atoms with Crippen molar-refractivity contribution in [2.45, 2.75) is 6.42 Å². The lowest BCUT2D eigenvalue weighted by molar-refractivity contribution is 0.980. The van der Waals surface area contributed by atoms with E-state index in [0.29, 0.717) is 0 Å². The third kappa shape index (κ3) is 3.24. The standard InChI is InChI=1S/C9H9BrN4S/c10-7-5-8(14-6-13-7)11-2-1-9-12-3-4-15-9/h3-6H,1-2H2,(H,11,13,14). The Balaban J connectivity index is 1.83. The second kappa shape index (κ2) is 5.18. The number of nitrogens with one attached hydrogen (secondary N) is 1. The second-order valence-corrected chi connectivity index (χ2v) is 4.62. The fourth-order valence-corrected chi connectivity index (χ4v) is 2.03. The number of anilines is 1. The van der Waals surface area contributed by atoms with Crippen molar-refractivity contribution < 1.29 is 0 Å². The Morgan fingerprint density at radius 2 is 2.27 bits per heavy atom. The average molecular weight is 285 g/mol. The van der Waals surface area contributed by atoms with Gasteiger partial charge in [0.05, 0.1) is 5.01 Å². The topological polar surface area (TPSA) is 50.7 Å². The molecule has 0 amide bonds. The predicted molar refractivity (Wildman–Crippen MR) is 64.0 cm³/mol. The van der Waals surface area contributed by atoms with E-state index in [2.05, 4.69) is 36.2 Å². The summed E-state index contributed by atoms with van der Waals surface area (Å²) in [5, 5.41) is 6.33. The van der Waals surface area contributed by atoms with E-state index >= 15 is 0 Å². The van der Waals surface area contributed by atoms with Crippen molar-refractivity contribution in [2.75, 3.05) is 11.9 Å². The third-order valence-electron chi connectivity index (χ3n) is 1.76. The Kier molecular flexibility index (Phi) is 3.63. The summed E-state index contributed by atoms with van der Waals surface area (Å²) in [6, 6.07) is 1.85. The van der Waals surface area contributed by atoms with E-state index in [1.807, 2.05) is 17.6 Å². The number of hydrogen-bond acceptors (Lipinski definition) is 5. The molecule has 0 saturated carbocycles. The molecule has 6 heteroatoms. The molecule has 0 unspecified atom stereocenters. The van der Waals surface area contributed by atoms with Gasteiger partial charge in [0.15, 0.2) is 0 Å². The first-order chi connectivity index (χ1) is 7.34. The highest BCUT2D eigenvalue weighted by molar-refractivity contribution is 9.10. The van der Waals surface area contributed by atoms with E-state index in [0.717, 1.165) is 28.4 Å². The van der Waals surface area contributed by atoms with E-state index in [1.54, 1.807) is 11.3 Å². The molecule has 0 aliphatic carbocycles. The zero-order valence-corrected chi connectivity index (χ0v) is 10.3. The van der Waals surface area contributed by atoms with Crippen LogP contribution in [0.15, 0.2) is 28.6 Å². The maximum atomic E-state index is 4.20. The molecule has 0 saturated heterocycles. The van der Waals surface area contributed by atoms with Gasteiger partial charge in [-0.15, -0.1) is 11.3 Å². The van der Waals surface area contributed by atoms with Crippen molar-refractivity contribution in [3.8, 4) is 0 Å². The monoisotopic (exact) mass is 284 g/mol. The number of nitrogens with zero attached hydrogens (tertiary/aromatic N) is 3. The van der Waals surface area contributed by atoms with Gasteiger partial charge in [0.25, 0.3) is 0 Å². The van der Waals surface area contributed by atoms with Gasteiger partial charge in [0.2, 0.25) is 0 Å². The SMILES string of the molecule is Brc1cc(NCCc2nccs2)ncn1. The molecule has 2 aromatic rings. The van der Waals surface area contributed by atoms with Crippen molar-refractivity contribution in [3.63, 3.8) is 0 Å². The molecule has 0 radical (unpaired) electrons. The Bertz CT molecular complexity index is 418. The van der Waals surface area contributed by atoms with Gasteiger partial charge in [-0.25, -0.2) is 15.0 Å². The molecule has 2 rings (SSSR count). The zero-order valence-electron chi connectivity index (χ0n) is 7.85. The van der Waals surface area contributed by atoms with Crippen molar-refractivity contribution in [3.05, 3.63) is 33.6 Å². The van der Waals surface area contributed by atoms with Gasteiger partial charge in [0.1, 0.15) is 16.7 Å². The summed E-state index contributed by atoms with van der Waals surface area (Å²) in [6.07, 6.45) is 4.26. The van der Waals surface area contributed by atoms with Crippen molar-refractivity contribution in [1.82, 2.24) is 15.0 Å². The first-order valence-electron chi connectivity index (χ1n) is 4.44. The maximum Gasteiger partial charge on any atom is 0.130 e. The van der Waals surface area contributed by atoms with E-state index in [4.69, 9.17) is 0 Å². The lowest BCUT2D eigenvalue weighted by Gasteiger charge is -2.03. The van der Waals surface area contributed by atoms with Crippen LogP contribution in [0.25, 0.3) is 0 Å². The van der Waals surface area contributed by atoms with Crippen LogP contribution in [-0.2, 0) is 6.42 Å². The quantitative estimate of drug-likeness (QED) is 0.876. The van der Waals surface area contributed by atoms with Crippen LogP contribution in [-0.4, -0.2) is 21.5 Å². The summed E-state index contributed by atoms with van der Waals surface area (Å²) in [4.78, 5) is 12.2. The highest BCUT2D eigenvalue weighted by Crippen LogP contribution is 2.10. The molecule has 0 atom stereocenters. The van der Waals surface area contributed by atoms with Gasteiger partial charge >= 0.3 is 0 Å². The van der Waals surface area contributed by atoms with Crippen LogP contribution >= 0.6 is 27.3 Å². The summed E-state index contributed by atoms with van der Waals surface area (Å²) < 4.78 is 0.786. The van der Waals surface area contributed by atoms with Crippen LogP contribution in [0.3, 0.4) is 0 Å². The zero-order chi connectivity index (χ0) is 10.5. The highest BCUT2D eigenvalue weighted by atomic mass is 79.9. The van der Waals surface area contributed by atoms with Crippen molar-refractivity contribution in [1.29, 1.82) is 0 Å². The van der Waals surface area contributed by atoms with Crippen molar-refractivity contribution >= 4 is 33.1 Å². The van der Waals surface area contributed by atoms with Crippen LogP contribution in [0.4, 0.5) is 5.82 Å². The minimum atomic E-state index is 0.786. The smallest absolute Gasteiger partial charge is 0.130 e. The van der Waals surface area contributed by atoms with Gasteiger partial charge in [0, 0.05) is 30.6 Å². The largest absolute Gasteiger partial charge is 0.370 e. The molecule has 0 aliphatic heterocycles. The van der Waals surface area contributed by atoms with Gasteiger partial charge in [-0.05, 0) is 15.9 Å². The van der Waals surface area contributed by atoms with Crippen molar-refractivity contribution in [2.24, 2.45) is 0 Å². The maximum absolute atomic E-state index is 4.20. The van der Waals surface area contributed by atoms with Gasteiger partial charge in [-0.2, -0.15) is 0 Å². The fourth-order valence-electron chi connectivity index (χ4n) is 1.10. The molecular formula is C9H9BrN4S. The first-order valence-corrected chi connectivity index (χ1v) is 6.11. The van der Waals surface area contributed by atoms with Crippen LogP contribution in [0.2, 0.25) is 0 Å². The van der Waals surface area contributed by atoms with Crippen LogP contribution in [0.1, 0.15) is 5.01 Å². The Labute approximate surface area is 99.9 Å². The van der Waals surface area contributed by atoms with Crippen LogP contribution in [0.5, 0.6) is 0 Å². The molecule has 4 nitrogen and oxygen atoms in total. The fraction of sp³-hybridized carbons (Fsp3) is 0.222. The summed E-state index contributed by atoms with van der Waals surface area (Å²) in [6.45, 7) is 0.830. The molecular weight excluding hydrogens is 276 g/mol. The summed E-state index contributed by atoms with van der Waals surface area (Å²) >= 11 is 4.96. The van der Waals surface area contributed by atoms with Crippen LogP contribution < -0.4 is 5.32 Å². The first kappa shape index (κ1) is 10.5. The molecule has 15 heavy (non-hydrogen) atoms. The molecule has 78 valence electrons. The minimum Gasteiger partial charge on any atom is -0.370 e. The van der Waals surface area contributed by atoms with E-state index in [1.165, 1.54) is 6.33 Å². The predicted octanol–water partition coefficient (Wildman–Crippen LogP) is 2.35. The Morgan fingerprint density at radius 3 is 3.00 bits per heavy atom. The normalized spacial score (nSPS) is 10.2. The highest BCUT2D eigenvalue weighted by Gasteiger charge is 1.97. The van der Waals surface area contributed by atoms with Crippen LogP contribution in [0, 0.1) is 0 Å². The van der Waals surface area contributed by atoms with E-state index in [9.17, 15) is 0 Å². The number of halogens is 1.